The molecule has 0 nitrogen and oxygen atoms in total. The van der Waals surface area contributed by atoms with Crippen molar-refractivity contribution in [2.45, 2.75) is 154 Å². The van der Waals surface area contributed by atoms with Crippen molar-refractivity contribution in [3.05, 3.63) is 70.5 Å². The van der Waals surface area contributed by atoms with Gasteiger partial charge in [-0.15, -0.1) is 0 Å². The molecular formula is C39H57F. The molecule has 0 unspecified atom stereocenters. The van der Waals surface area contributed by atoms with Gasteiger partial charge in [0.25, 0.3) is 0 Å². The van der Waals surface area contributed by atoms with Crippen LogP contribution >= 0.6 is 0 Å². The van der Waals surface area contributed by atoms with Crippen LogP contribution in [0.5, 0.6) is 0 Å². The Bertz CT molecular complexity index is 998. The Labute approximate surface area is 245 Å². The number of halogens is 1. The van der Waals surface area contributed by atoms with Gasteiger partial charge in [0.2, 0.25) is 0 Å². The molecule has 3 aliphatic rings. The Morgan fingerprint density at radius 3 is 1.73 bits per heavy atom. The standard InChI is InChI=1S/C39H57F/c1-3-5-7-9-30-12-16-35(17-13-30)37-26-27-38(39(40)28-37)36-24-22-34(23-25-36)33-20-18-32(19-21-33)31-14-10-29(11-15-31)8-6-4-2/h10-11,14-15,26-28,30,32-36H,3-9,12-13,16-25H2,1-2H3. The average molecular weight is 545 g/mol. The first-order chi connectivity index (χ1) is 19.6. The lowest BCUT2D eigenvalue weighted by Gasteiger charge is -2.38. The van der Waals surface area contributed by atoms with Crippen molar-refractivity contribution in [3.63, 3.8) is 0 Å². The smallest absolute Gasteiger partial charge is 0.126 e. The maximum atomic E-state index is 15.4. The zero-order valence-electron chi connectivity index (χ0n) is 25.8. The van der Waals surface area contributed by atoms with Gasteiger partial charge in [-0.05, 0) is 154 Å². The molecule has 220 valence electrons. The van der Waals surface area contributed by atoms with Crippen molar-refractivity contribution in [1.82, 2.24) is 0 Å². The van der Waals surface area contributed by atoms with Crippen molar-refractivity contribution in [1.29, 1.82) is 0 Å². The van der Waals surface area contributed by atoms with Gasteiger partial charge in [-0.3, -0.25) is 0 Å². The van der Waals surface area contributed by atoms with Crippen LogP contribution in [0, 0.1) is 23.6 Å². The first-order valence-corrected chi connectivity index (χ1v) is 17.5. The summed E-state index contributed by atoms with van der Waals surface area (Å²) in [4.78, 5) is 0. The Hall–Kier alpha value is -1.63. The number of aryl methyl sites for hydroxylation is 1. The van der Waals surface area contributed by atoms with Gasteiger partial charge in [-0.2, -0.15) is 0 Å². The molecule has 0 N–H and O–H groups in total. The molecule has 0 aromatic heterocycles. The monoisotopic (exact) mass is 544 g/mol. The minimum Gasteiger partial charge on any atom is -0.207 e. The van der Waals surface area contributed by atoms with Crippen LogP contribution in [0.3, 0.4) is 0 Å². The van der Waals surface area contributed by atoms with E-state index >= 15 is 4.39 Å². The van der Waals surface area contributed by atoms with Crippen molar-refractivity contribution in [2.75, 3.05) is 0 Å². The average Bonchev–Trinajstić information content (AvgIpc) is 3.01. The molecule has 0 radical (unpaired) electrons. The minimum atomic E-state index is 0.0900. The van der Waals surface area contributed by atoms with E-state index in [1.54, 1.807) is 5.56 Å². The van der Waals surface area contributed by atoms with E-state index in [2.05, 4.69) is 50.2 Å². The van der Waals surface area contributed by atoms with E-state index in [0.717, 1.165) is 29.2 Å². The molecule has 0 spiro atoms. The number of benzene rings is 2. The maximum absolute atomic E-state index is 15.4. The number of hydrogen-bond acceptors (Lipinski definition) is 0. The Balaban J connectivity index is 1.06. The van der Waals surface area contributed by atoms with Gasteiger partial charge in [-0.25, -0.2) is 4.39 Å². The van der Waals surface area contributed by atoms with Crippen molar-refractivity contribution >= 4 is 0 Å². The summed E-state index contributed by atoms with van der Waals surface area (Å²) in [6.45, 7) is 4.57. The molecule has 3 fully saturated rings. The van der Waals surface area contributed by atoms with Crippen LogP contribution in [-0.4, -0.2) is 0 Å². The molecule has 0 aliphatic heterocycles. The topological polar surface area (TPSA) is 0 Å². The summed E-state index contributed by atoms with van der Waals surface area (Å²) in [7, 11) is 0. The van der Waals surface area contributed by atoms with Gasteiger partial charge in [0.1, 0.15) is 5.82 Å². The second-order valence-corrected chi connectivity index (χ2v) is 14.1. The first-order valence-electron chi connectivity index (χ1n) is 17.5. The highest BCUT2D eigenvalue weighted by molar-refractivity contribution is 5.30. The van der Waals surface area contributed by atoms with Crippen LogP contribution in [0.15, 0.2) is 42.5 Å². The summed E-state index contributed by atoms with van der Waals surface area (Å²) in [6.07, 6.45) is 25.0. The van der Waals surface area contributed by atoms with Crippen LogP contribution in [0.4, 0.5) is 4.39 Å². The van der Waals surface area contributed by atoms with Gasteiger partial charge < -0.3 is 0 Å². The van der Waals surface area contributed by atoms with Gasteiger partial charge in [0, 0.05) is 0 Å². The summed E-state index contributed by atoms with van der Waals surface area (Å²) < 4.78 is 15.4. The van der Waals surface area contributed by atoms with Crippen LogP contribution in [-0.2, 0) is 6.42 Å². The zero-order valence-corrected chi connectivity index (χ0v) is 25.8. The van der Waals surface area contributed by atoms with Crippen LogP contribution in [0.25, 0.3) is 0 Å². The molecule has 2 aromatic rings. The van der Waals surface area contributed by atoms with E-state index in [1.165, 1.54) is 133 Å². The molecule has 5 rings (SSSR count). The van der Waals surface area contributed by atoms with Gasteiger partial charge in [0.15, 0.2) is 0 Å². The van der Waals surface area contributed by atoms with E-state index in [9.17, 15) is 0 Å². The zero-order chi connectivity index (χ0) is 27.7. The van der Waals surface area contributed by atoms with Crippen molar-refractivity contribution < 1.29 is 4.39 Å². The lowest BCUT2D eigenvalue weighted by atomic mass is 9.67. The Kier molecular flexibility index (Phi) is 11.2. The molecule has 2 aromatic carbocycles. The number of hydrogen-bond donors (Lipinski definition) is 0. The second-order valence-electron chi connectivity index (χ2n) is 14.1. The summed E-state index contributed by atoms with van der Waals surface area (Å²) in [5, 5.41) is 0. The van der Waals surface area contributed by atoms with E-state index in [0.29, 0.717) is 11.8 Å². The van der Waals surface area contributed by atoms with Crippen molar-refractivity contribution in [2.24, 2.45) is 17.8 Å². The molecular weight excluding hydrogens is 487 g/mol. The number of unbranched alkanes of at least 4 members (excludes halogenated alkanes) is 3. The quantitative estimate of drug-likeness (QED) is 0.247. The highest BCUT2D eigenvalue weighted by Gasteiger charge is 2.32. The lowest BCUT2D eigenvalue weighted by Crippen LogP contribution is -2.25. The molecule has 0 heterocycles. The fourth-order valence-electron chi connectivity index (χ4n) is 8.76. The predicted octanol–water partition coefficient (Wildman–Crippen LogP) is 12.3. The summed E-state index contributed by atoms with van der Waals surface area (Å²) in [5.74, 6) is 4.54. The van der Waals surface area contributed by atoms with Gasteiger partial charge >= 0.3 is 0 Å². The fraction of sp³-hybridized carbons (Fsp3) is 0.692. The molecule has 0 amide bonds. The summed E-state index contributed by atoms with van der Waals surface area (Å²) >= 11 is 0. The Morgan fingerprint density at radius 2 is 1.12 bits per heavy atom. The molecule has 3 saturated carbocycles. The fourth-order valence-corrected chi connectivity index (χ4v) is 8.76. The van der Waals surface area contributed by atoms with Crippen LogP contribution in [0.2, 0.25) is 0 Å². The summed E-state index contributed by atoms with van der Waals surface area (Å²) in [6, 6.07) is 16.0. The maximum Gasteiger partial charge on any atom is 0.126 e. The third-order valence-electron chi connectivity index (χ3n) is 11.5. The van der Waals surface area contributed by atoms with E-state index < -0.39 is 0 Å². The number of rotatable bonds is 11. The molecule has 1 heteroatoms. The SMILES string of the molecule is CCCCCC1CCC(c2ccc(C3CCC(C4CCC(c5ccc(CCCC)cc5)CC4)CC3)c(F)c2)CC1. The van der Waals surface area contributed by atoms with E-state index in [1.807, 2.05) is 6.07 Å². The third-order valence-corrected chi connectivity index (χ3v) is 11.5. The molecule has 0 atom stereocenters. The molecule has 40 heavy (non-hydrogen) atoms. The van der Waals surface area contributed by atoms with E-state index in [-0.39, 0.29) is 5.82 Å². The van der Waals surface area contributed by atoms with Gasteiger partial charge in [-0.1, -0.05) is 82.3 Å². The molecule has 0 bridgehead atoms. The van der Waals surface area contributed by atoms with Crippen LogP contribution in [0.1, 0.15) is 169 Å². The minimum absolute atomic E-state index is 0.0900. The third kappa shape index (κ3) is 7.80. The predicted molar refractivity (Wildman–Crippen MR) is 170 cm³/mol. The highest BCUT2D eigenvalue weighted by Crippen LogP contribution is 2.46. The largest absolute Gasteiger partial charge is 0.207 e. The van der Waals surface area contributed by atoms with E-state index in [4.69, 9.17) is 0 Å². The second kappa shape index (κ2) is 15.0. The highest BCUT2D eigenvalue weighted by atomic mass is 19.1. The Morgan fingerprint density at radius 1 is 0.575 bits per heavy atom. The summed E-state index contributed by atoms with van der Waals surface area (Å²) in [5.41, 5.74) is 5.36. The van der Waals surface area contributed by atoms with Gasteiger partial charge in [0.05, 0.1) is 0 Å². The van der Waals surface area contributed by atoms with Crippen molar-refractivity contribution in [3.8, 4) is 0 Å². The lowest BCUT2D eigenvalue weighted by molar-refractivity contribution is 0.176. The normalized spacial score (nSPS) is 29.4. The first kappa shape index (κ1) is 29.8. The molecule has 3 aliphatic carbocycles. The van der Waals surface area contributed by atoms with Crippen LogP contribution < -0.4 is 0 Å². The molecule has 0 saturated heterocycles.